The highest BCUT2D eigenvalue weighted by Crippen LogP contribution is 2.29. The Kier molecular flexibility index (Phi) is 8.64. The highest BCUT2D eigenvalue weighted by molar-refractivity contribution is 7.99. The Morgan fingerprint density at radius 3 is 2.71 bits per heavy atom. The molecule has 0 fully saturated rings. The minimum Gasteiger partial charge on any atom is -0.485 e. The van der Waals surface area contributed by atoms with Gasteiger partial charge in [-0.3, -0.25) is 19.5 Å². The SMILES string of the molecule is C=CCn1c(COc2cc(C)ccc2C(C)C)nnc1SCC(=O)Nc1cc([N+](=O)[O-])ccc1C. The fourth-order valence-corrected chi connectivity index (χ4v) is 4.17. The van der Waals surface area contributed by atoms with Crippen molar-refractivity contribution in [3.63, 3.8) is 0 Å². The van der Waals surface area contributed by atoms with Gasteiger partial charge in [-0.05, 0) is 42.5 Å². The summed E-state index contributed by atoms with van der Waals surface area (Å²) in [6, 6.07) is 10.5. The number of thioether (sulfide) groups is 1. The molecule has 0 aliphatic carbocycles. The van der Waals surface area contributed by atoms with Crippen molar-refractivity contribution in [3.8, 4) is 5.75 Å². The number of nitro groups is 1. The second-order valence-electron chi connectivity index (χ2n) is 8.38. The predicted octanol–water partition coefficient (Wildman–Crippen LogP) is 5.42. The second kappa shape index (κ2) is 11.7. The largest absolute Gasteiger partial charge is 0.485 e. The quantitative estimate of drug-likeness (QED) is 0.163. The molecule has 9 nitrogen and oxygen atoms in total. The number of allylic oxidation sites excluding steroid dienone is 1. The van der Waals surface area contributed by atoms with Crippen LogP contribution >= 0.6 is 11.8 Å². The molecule has 0 saturated carbocycles. The number of rotatable bonds is 11. The van der Waals surface area contributed by atoms with E-state index in [4.69, 9.17) is 4.74 Å². The van der Waals surface area contributed by atoms with Gasteiger partial charge in [-0.1, -0.05) is 49.9 Å². The summed E-state index contributed by atoms with van der Waals surface area (Å²) >= 11 is 1.22. The van der Waals surface area contributed by atoms with E-state index in [0.29, 0.717) is 29.1 Å². The van der Waals surface area contributed by atoms with Gasteiger partial charge < -0.3 is 10.1 Å². The number of amides is 1. The molecule has 35 heavy (non-hydrogen) atoms. The Morgan fingerprint density at radius 2 is 2.03 bits per heavy atom. The zero-order valence-corrected chi connectivity index (χ0v) is 21.1. The van der Waals surface area contributed by atoms with Crippen LogP contribution in [-0.4, -0.2) is 31.3 Å². The number of carbonyl (C=O) groups is 1. The number of nitrogens with one attached hydrogen (secondary N) is 1. The number of carbonyl (C=O) groups excluding carboxylic acids is 1. The Morgan fingerprint density at radius 1 is 1.26 bits per heavy atom. The molecule has 3 rings (SSSR count). The van der Waals surface area contributed by atoms with Crippen molar-refractivity contribution in [1.29, 1.82) is 0 Å². The maximum atomic E-state index is 12.5. The third-order valence-electron chi connectivity index (χ3n) is 5.29. The Bertz CT molecular complexity index is 1240. The zero-order valence-electron chi connectivity index (χ0n) is 20.3. The van der Waals surface area contributed by atoms with E-state index in [1.165, 1.54) is 23.9 Å². The lowest BCUT2D eigenvalue weighted by Gasteiger charge is -2.15. The van der Waals surface area contributed by atoms with Crippen LogP contribution in [0.3, 0.4) is 0 Å². The minimum atomic E-state index is -0.494. The number of hydrogen-bond acceptors (Lipinski definition) is 7. The van der Waals surface area contributed by atoms with Crippen molar-refractivity contribution >= 4 is 29.0 Å². The van der Waals surface area contributed by atoms with E-state index in [-0.39, 0.29) is 24.0 Å². The summed E-state index contributed by atoms with van der Waals surface area (Å²) in [5.74, 6) is 1.52. The molecule has 0 saturated heterocycles. The number of benzene rings is 2. The van der Waals surface area contributed by atoms with Crippen LogP contribution in [0.25, 0.3) is 0 Å². The first-order chi connectivity index (χ1) is 16.7. The van der Waals surface area contributed by atoms with Crippen LogP contribution in [0.15, 0.2) is 54.2 Å². The number of aromatic nitrogens is 3. The molecular weight excluding hydrogens is 466 g/mol. The van der Waals surface area contributed by atoms with Crippen molar-refractivity contribution in [1.82, 2.24) is 14.8 Å². The topological polar surface area (TPSA) is 112 Å². The lowest BCUT2D eigenvalue weighted by molar-refractivity contribution is -0.384. The molecule has 0 bridgehead atoms. The molecule has 0 aliphatic heterocycles. The average Bonchev–Trinajstić information content (AvgIpc) is 3.19. The van der Waals surface area contributed by atoms with Crippen molar-refractivity contribution < 1.29 is 14.5 Å². The molecular formula is C25H29N5O4S. The smallest absolute Gasteiger partial charge is 0.271 e. The summed E-state index contributed by atoms with van der Waals surface area (Å²) < 4.78 is 7.97. The van der Waals surface area contributed by atoms with Crippen LogP contribution in [-0.2, 0) is 17.9 Å². The monoisotopic (exact) mass is 495 g/mol. The molecule has 184 valence electrons. The van der Waals surface area contributed by atoms with E-state index in [9.17, 15) is 14.9 Å². The van der Waals surface area contributed by atoms with Crippen LogP contribution in [0, 0.1) is 24.0 Å². The molecule has 10 heteroatoms. The maximum Gasteiger partial charge on any atom is 0.271 e. The van der Waals surface area contributed by atoms with E-state index in [1.54, 1.807) is 19.1 Å². The minimum absolute atomic E-state index is 0.0631. The van der Waals surface area contributed by atoms with Gasteiger partial charge in [-0.25, -0.2) is 0 Å². The van der Waals surface area contributed by atoms with Gasteiger partial charge >= 0.3 is 0 Å². The Hall–Kier alpha value is -3.66. The molecule has 1 N–H and O–H groups in total. The average molecular weight is 496 g/mol. The van der Waals surface area contributed by atoms with E-state index in [2.05, 4.69) is 48.1 Å². The van der Waals surface area contributed by atoms with Crippen molar-refractivity contribution in [2.45, 2.75) is 51.9 Å². The van der Waals surface area contributed by atoms with Crippen LogP contribution in [0.1, 0.15) is 42.3 Å². The van der Waals surface area contributed by atoms with Gasteiger partial charge in [-0.15, -0.1) is 16.8 Å². The lowest BCUT2D eigenvalue weighted by atomic mass is 10.0. The number of nitro benzene ring substituents is 1. The summed E-state index contributed by atoms with van der Waals surface area (Å²) in [5, 5.41) is 22.8. The number of non-ortho nitro benzene ring substituents is 1. The third-order valence-corrected chi connectivity index (χ3v) is 6.26. The summed E-state index contributed by atoms with van der Waals surface area (Å²) in [7, 11) is 0. The normalized spacial score (nSPS) is 10.9. The van der Waals surface area contributed by atoms with Crippen LogP contribution in [0.2, 0.25) is 0 Å². The fraction of sp³-hybridized carbons (Fsp3) is 0.320. The summed E-state index contributed by atoms with van der Waals surface area (Å²) in [4.78, 5) is 23.1. The predicted molar refractivity (Wildman–Crippen MR) is 137 cm³/mol. The third kappa shape index (κ3) is 6.69. The molecule has 0 radical (unpaired) electrons. The first kappa shape index (κ1) is 26.0. The van der Waals surface area contributed by atoms with Gasteiger partial charge in [0.15, 0.2) is 11.0 Å². The zero-order chi connectivity index (χ0) is 25.5. The van der Waals surface area contributed by atoms with Gasteiger partial charge in [0.25, 0.3) is 5.69 Å². The molecule has 1 aromatic heterocycles. The number of nitrogens with zero attached hydrogens (tertiary/aromatic N) is 4. The van der Waals surface area contributed by atoms with Gasteiger partial charge in [-0.2, -0.15) is 0 Å². The molecule has 1 heterocycles. The highest BCUT2D eigenvalue weighted by Gasteiger charge is 2.17. The van der Waals surface area contributed by atoms with Gasteiger partial charge in [0.1, 0.15) is 12.4 Å². The van der Waals surface area contributed by atoms with E-state index in [0.717, 1.165) is 22.4 Å². The van der Waals surface area contributed by atoms with Crippen LogP contribution in [0.5, 0.6) is 5.75 Å². The molecule has 0 spiro atoms. The number of hydrogen-bond donors (Lipinski definition) is 1. The van der Waals surface area contributed by atoms with Gasteiger partial charge in [0.05, 0.1) is 16.4 Å². The number of aryl methyl sites for hydroxylation is 2. The van der Waals surface area contributed by atoms with Crippen molar-refractivity contribution in [3.05, 3.63) is 81.7 Å². The van der Waals surface area contributed by atoms with Gasteiger partial charge in [0.2, 0.25) is 5.91 Å². The van der Waals surface area contributed by atoms with E-state index < -0.39 is 4.92 Å². The maximum absolute atomic E-state index is 12.5. The van der Waals surface area contributed by atoms with Crippen LogP contribution < -0.4 is 10.1 Å². The Balaban J connectivity index is 1.69. The molecule has 0 atom stereocenters. The second-order valence-corrected chi connectivity index (χ2v) is 9.32. The van der Waals surface area contributed by atoms with Gasteiger partial charge in [0, 0.05) is 18.7 Å². The first-order valence-corrected chi connectivity index (χ1v) is 12.1. The van der Waals surface area contributed by atoms with Crippen LogP contribution in [0.4, 0.5) is 11.4 Å². The standard InChI is InChI=1S/C25H29N5O4S/c1-6-11-29-23(14-34-22-12-17(4)7-10-20(22)16(2)3)27-28-25(29)35-15-24(31)26-21-13-19(30(32)33)9-8-18(21)5/h6-10,12-13,16H,1,11,14-15H2,2-5H3,(H,26,31). The van der Waals surface area contributed by atoms with Crippen molar-refractivity contribution in [2.24, 2.45) is 0 Å². The van der Waals surface area contributed by atoms with E-state index in [1.807, 2.05) is 17.6 Å². The van der Waals surface area contributed by atoms with Crippen molar-refractivity contribution in [2.75, 3.05) is 11.1 Å². The fourth-order valence-electron chi connectivity index (χ4n) is 3.41. The molecule has 1 amide bonds. The molecule has 3 aromatic rings. The summed E-state index contributed by atoms with van der Waals surface area (Å²) in [6.07, 6.45) is 1.73. The van der Waals surface area contributed by atoms with E-state index >= 15 is 0 Å². The Labute approximate surface area is 208 Å². The number of ether oxygens (including phenoxy) is 1. The summed E-state index contributed by atoms with van der Waals surface area (Å²) in [5.41, 5.74) is 3.29. The molecule has 0 unspecified atom stereocenters. The highest BCUT2D eigenvalue weighted by atomic mass is 32.2. The first-order valence-electron chi connectivity index (χ1n) is 11.1. The summed E-state index contributed by atoms with van der Waals surface area (Å²) in [6.45, 7) is 12.5. The molecule has 2 aromatic carbocycles. The molecule has 0 aliphatic rings. The lowest BCUT2D eigenvalue weighted by Crippen LogP contribution is -2.16. The number of anilines is 1.